The van der Waals surface area contributed by atoms with E-state index in [-0.39, 0.29) is 35.6 Å². The van der Waals surface area contributed by atoms with E-state index < -0.39 is 25.0 Å². The molecule has 3 rings (SSSR count). The molecule has 0 spiro atoms. The summed E-state index contributed by atoms with van der Waals surface area (Å²) >= 11 is 0. The molecule has 3 atom stereocenters. The number of ether oxygens (including phenoxy) is 4. The van der Waals surface area contributed by atoms with Gasteiger partial charge >= 0.3 is 0 Å². The predicted molar refractivity (Wildman–Crippen MR) is 282 cm³/mol. The highest BCUT2D eigenvalue weighted by molar-refractivity contribution is 6.99. The van der Waals surface area contributed by atoms with Gasteiger partial charge in [0.2, 0.25) is 16.6 Å². The summed E-state index contributed by atoms with van der Waals surface area (Å²) < 4.78 is 47.7. The van der Waals surface area contributed by atoms with Gasteiger partial charge in [0.1, 0.15) is 12.5 Å². The molecule has 0 unspecified atom stereocenters. The average molecular weight is 952 g/mol. The van der Waals surface area contributed by atoms with Gasteiger partial charge in [-0.25, -0.2) is 0 Å². The highest BCUT2D eigenvalue weighted by Gasteiger charge is 2.52. The van der Waals surface area contributed by atoms with Crippen molar-refractivity contribution >= 4 is 35.3 Å². The van der Waals surface area contributed by atoms with Crippen LogP contribution in [0, 0.1) is 5.41 Å². The van der Waals surface area contributed by atoms with Crippen LogP contribution in [0.25, 0.3) is 0 Å². The maximum absolute atomic E-state index is 8.00. The van der Waals surface area contributed by atoms with E-state index in [4.69, 9.17) is 32.2 Å². The summed E-state index contributed by atoms with van der Waals surface area (Å²) in [5.74, 6) is 0.832. The van der Waals surface area contributed by atoms with E-state index in [1.165, 1.54) is 10.4 Å². The Morgan fingerprint density at radius 1 is 0.538 bits per heavy atom. The van der Waals surface area contributed by atoms with Crippen LogP contribution in [0.1, 0.15) is 143 Å². The van der Waals surface area contributed by atoms with Gasteiger partial charge in [-0.05, 0) is 85.6 Å². The van der Waals surface area contributed by atoms with Gasteiger partial charge in [0.25, 0.3) is 8.32 Å². The summed E-state index contributed by atoms with van der Waals surface area (Å²) in [5, 5.41) is 2.46. The van der Waals surface area contributed by atoms with E-state index in [2.05, 4.69) is 190 Å². The fourth-order valence-corrected chi connectivity index (χ4v) is 27.2. The molecular weight excluding hydrogens is 857 g/mol. The van der Waals surface area contributed by atoms with Gasteiger partial charge in [0, 0.05) is 31.3 Å². The number of rotatable bonds is 29. The molecule has 0 aliphatic rings. The van der Waals surface area contributed by atoms with Gasteiger partial charge in [0.15, 0.2) is 0 Å². The standard InChI is InChI=1S/C55H94O7Si3/c1-41(2)63(42(3)4,43(5)6)61-49(34-35-60-65(54(13,14)15,51-26-22-20-23-27-51)52-28-24-21-25-29-52)36-50(62-64(44(7)8,45(9)10)46(11)12)37-53(55(16,17)39-58-40-56-18)59-38-47-30-32-48(57-19)33-31-47/h20-33,41-46,49-50,53H,34-40H2,1-19H3/t49-,50+,53-/m0/s1. The monoisotopic (exact) mass is 951 g/mol. The molecule has 0 saturated carbocycles. The zero-order chi connectivity index (χ0) is 48.8. The van der Waals surface area contributed by atoms with Crippen molar-refractivity contribution in [1.82, 2.24) is 0 Å². The van der Waals surface area contributed by atoms with Crippen molar-refractivity contribution in [1.29, 1.82) is 0 Å². The molecule has 0 aliphatic heterocycles. The van der Waals surface area contributed by atoms with Crippen molar-refractivity contribution in [3.8, 4) is 5.75 Å². The van der Waals surface area contributed by atoms with Crippen LogP contribution in [-0.2, 0) is 34.1 Å². The van der Waals surface area contributed by atoms with E-state index in [9.17, 15) is 0 Å². The summed E-state index contributed by atoms with van der Waals surface area (Å²) in [7, 11) is -4.19. The van der Waals surface area contributed by atoms with Crippen molar-refractivity contribution in [3.05, 3.63) is 90.5 Å². The fraction of sp³-hybridized carbons (Fsp3) is 0.673. The smallest absolute Gasteiger partial charge is 0.261 e. The summed E-state index contributed by atoms with van der Waals surface area (Å²) in [6, 6.07) is 30.2. The van der Waals surface area contributed by atoms with E-state index in [0.717, 1.165) is 24.2 Å². The normalized spacial score (nSPS) is 14.9. The second-order valence-electron chi connectivity index (χ2n) is 22.3. The number of hydrogen-bond acceptors (Lipinski definition) is 7. The lowest BCUT2D eigenvalue weighted by Gasteiger charge is -2.48. The Balaban J connectivity index is 2.26. The second-order valence-corrected chi connectivity index (χ2v) is 37.4. The van der Waals surface area contributed by atoms with Gasteiger partial charge < -0.3 is 32.2 Å². The molecule has 0 aromatic heterocycles. The lowest BCUT2D eigenvalue weighted by Crippen LogP contribution is -2.66. The maximum atomic E-state index is 8.00. The Labute approximate surface area is 401 Å². The first-order valence-electron chi connectivity index (χ1n) is 24.9. The lowest BCUT2D eigenvalue weighted by molar-refractivity contribution is -0.118. The first-order valence-corrected chi connectivity index (χ1v) is 31.1. The fourth-order valence-electron chi connectivity index (χ4n) is 11.5. The molecular formula is C55H94O7Si3. The van der Waals surface area contributed by atoms with Crippen LogP contribution in [0.2, 0.25) is 38.3 Å². The van der Waals surface area contributed by atoms with Crippen LogP contribution in [0.15, 0.2) is 84.9 Å². The van der Waals surface area contributed by atoms with Gasteiger partial charge in [0.05, 0.1) is 26.4 Å². The molecule has 3 aromatic rings. The zero-order valence-electron chi connectivity index (χ0n) is 44.6. The van der Waals surface area contributed by atoms with Crippen LogP contribution >= 0.6 is 0 Å². The van der Waals surface area contributed by atoms with E-state index in [1.807, 2.05) is 12.1 Å². The first kappa shape index (κ1) is 57.2. The van der Waals surface area contributed by atoms with Crippen LogP contribution in [0.4, 0.5) is 0 Å². The Hall–Kier alpha value is -2.13. The molecule has 65 heavy (non-hydrogen) atoms. The predicted octanol–water partition coefficient (Wildman–Crippen LogP) is 14.1. The third kappa shape index (κ3) is 14.2. The zero-order valence-corrected chi connectivity index (χ0v) is 47.6. The summed E-state index contributed by atoms with van der Waals surface area (Å²) in [6.07, 6.45) is 1.81. The largest absolute Gasteiger partial charge is 0.497 e. The van der Waals surface area contributed by atoms with Crippen molar-refractivity contribution < 1.29 is 32.2 Å². The highest BCUT2D eigenvalue weighted by Crippen LogP contribution is 2.47. The molecule has 0 amide bonds. The quantitative estimate of drug-likeness (QED) is 0.0390. The molecule has 0 N–H and O–H groups in total. The summed E-state index contributed by atoms with van der Waals surface area (Å²) in [6.45, 7) is 42.1. The minimum Gasteiger partial charge on any atom is -0.497 e. The Bertz CT molecular complexity index is 1670. The minimum absolute atomic E-state index is 0.0923. The average Bonchev–Trinajstić information content (AvgIpc) is 3.24. The maximum Gasteiger partial charge on any atom is 0.261 e. The first-order chi connectivity index (χ1) is 30.5. The van der Waals surface area contributed by atoms with Crippen molar-refractivity contribution in [3.63, 3.8) is 0 Å². The summed E-state index contributed by atoms with van der Waals surface area (Å²) in [5.41, 5.74) is 3.25. The highest BCUT2D eigenvalue weighted by atomic mass is 28.4. The van der Waals surface area contributed by atoms with Gasteiger partial charge in [-0.1, -0.05) is 190 Å². The van der Waals surface area contributed by atoms with Crippen molar-refractivity contribution in [2.45, 2.75) is 200 Å². The van der Waals surface area contributed by atoms with Crippen LogP contribution in [0.5, 0.6) is 5.75 Å². The van der Waals surface area contributed by atoms with Crippen LogP contribution < -0.4 is 15.1 Å². The molecule has 0 heterocycles. The van der Waals surface area contributed by atoms with Gasteiger partial charge in [-0.2, -0.15) is 0 Å². The molecule has 368 valence electrons. The van der Waals surface area contributed by atoms with Gasteiger partial charge in [-0.15, -0.1) is 0 Å². The van der Waals surface area contributed by atoms with Crippen molar-refractivity contribution in [2.75, 3.05) is 34.2 Å². The molecule has 10 heteroatoms. The van der Waals surface area contributed by atoms with E-state index in [0.29, 0.717) is 59.5 Å². The van der Waals surface area contributed by atoms with E-state index >= 15 is 0 Å². The molecule has 3 aromatic carbocycles. The molecule has 7 nitrogen and oxygen atoms in total. The number of hydrogen-bond donors (Lipinski definition) is 0. The number of methoxy groups -OCH3 is 2. The topological polar surface area (TPSA) is 64.6 Å². The SMILES string of the molecule is COCOCC(C)(C)[C@H](C[C@@H](C[C@H](CCO[Si](c1ccccc1)(c1ccccc1)C(C)(C)C)O[Si](C(C)C)(C(C)C)C(C)C)O[Si](C(C)C)(C(C)C)C(C)C)OCc1ccc(OC)cc1. The number of benzene rings is 3. The third-order valence-electron chi connectivity index (χ3n) is 14.5. The van der Waals surface area contributed by atoms with Crippen LogP contribution in [0.3, 0.4) is 0 Å². The Morgan fingerprint density at radius 2 is 0.985 bits per heavy atom. The minimum atomic E-state index is -2.80. The molecule has 0 aliphatic carbocycles. The van der Waals surface area contributed by atoms with Crippen molar-refractivity contribution in [2.24, 2.45) is 5.41 Å². The molecule has 0 fully saturated rings. The lowest BCUT2D eigenvalue weighted by atomic mass is 9.83. The summed E-state index contributed by atoms with van der Waals surface area (Å²) in [4.78, 5) is 0. The van der Waals surface area contributed by atoms with E-state index in [1.54, 1.807) is 14.2 Å². The molecule has 0 radical (unpaired) electrons. The third-order valence-corrected chi connectivity index (χ3v) is 31.8. The molecule has 0 bridgehead atoms. The van der Waals surface area contributed by atoms with Crippen LogP contribution in [-0.4, -0.2) is 77.5 Å². The second kappa shape index (κ2) is 25.5. The Kier molecular flexibility index (Phi) is 22.4. The van der Waals surface area contributed by atoms with Gasteiger partial charge in [-0.3, -0.25) is 0 Å². The Morgan fingerprint density at radius 3 is 1.38 bits per heavy atom. The molecule has 0 saturated heterocycles.